The predicted octanol–water partition coefficient (Wildman–Crippen LogP) is 3.80. The van der Waals surface area contributed by atoms with Gasteiger partial charge in [-0.05, 0) is 24.3 Å². The highest BCUT2D eigenvalue weighted by Crippen LogP contribution is 2.35. The summed E-state index contributed by atoms with van der Waals surface area (Å²) in [6.45, 7) is 0. The van der Waals surface area contributed by atoms with Crippen LogP contribution in [0.5, 0.6) is 17.2 Å². The molecule has 0 aliphatic carbocycles. The summed E-state index contributed by atoms with van der Waals surface area (Å²) >= 11 is 6.13. The van der Waals surface area contributed by atoms with E-state index >= 15 is 0 Å². The minimum atomic E-state index is -0.402. The molecular formula is C20H19ClN4O4. The Morgan fingerprint density at radius 2 is 1.83 bits per heavy atom. The normalized spacial score (nSPS) is 10.3. The van der Waals surface area contributed by atoms with Crippen LogP contribution in [0, 0.1) is 0 Å². The Bertz CT molecular complexity index is 1090. The number of halogens is 1. The van der Waals surface area contributed by atoms with Gasteiger partial charge in [-0.25, -0.2) is 4.79 Å². The van der Waals surface area contributed by atoms with E-state index in [1.165, 1.54) is 14.2 Å². The van der Waals surface area contributed by atoms with Gasteiger partial charge in [-0.3, -0.25) is 9.78 Å². The molecule has 0 spiro atoms. The van der Waals surface area contributed by atoms with Crippen LogP contribution in [0.2, 0.25) is 5.02 Å². The molecule has 8 nitrogen and oxygen atoms in total. The summed E-state index contributed by atoms with van der Waals surface area (Å²) < 4.78 is 11.3. The first-order valence-corrected chi connectivity index (χ1v) is 8.99. The van der Waals surface area contributed by atoms with E-state index in [-0.39, 0.29) is 5.91 Å². The zero-order valence-corrected chi connectivity index (χ0v) is 16.8. The van der Waals surface area contributed by atoms with Crippen molar-refractivity contribution in [2.75, 3.05) is 26.5 Å². The summed E-state index contributed by atoms with van der Waals surface area (Å²) in [6, 6.07) is 9.51. The molecule has 3 aromatic rings. The van der Waals surface area contributed by atoms with Crippen LogP contribution in [0.3, 0.4) is 0 Å². The first-order valence-electron chi connectivity index (χ1n) is 8.61. The number of rotatable bonds is 5. The molecular weight excluding hydrogens is 396 g/mol. The molecule has 0 unspecified atom stereocenters. The molecule has 29 heavy (non-hydrogen) atoms. The van der Waals surface area contributed by atoms with E-state index in [9.17, 15) is 9.59 Å². The van der Waals surface area contributed by atoms with Crippen molar-refractivity contribution >= 4 is 40.1 Å². The molecule has 3 rings (SSSR count). The zero-order chi connectivity index (χ0) is 21.0. The van der Waals surface area contributed by atoms with Gasteiger partial charge in [-0.15, -0.1) is 0 Å². The number of ether oxygens (including phenoxy) is 2. The molecule has 1 heterocycles. The molecule has 150 valence electrons. The van der Waals surface area contributed by atoms with Gasteiger partial charge in [0.1, 0.15) is 17.2 Å². The Balaban J connectivity index is 2.03. The fourth-order valence-corrected chi connectivity index (χ4v) is 2.86. The molecule has 0 atom stereocenters. The van der Waals surface area contributed by atoms with Crippen molar-refractivity contribution in [2.45, 2.75) is 0 Å². The third-order valence-corrected chi connectivity index (χ3v) is 4.46. The minimum Gasteiger partial charge on any atom is -0.496 e. The van der Waals surface area contributed by atoms with Crippen molar-refractivity contribution in [1.29, 1.82) is 0 Å². The van der Waals surface area contributed by atoms with Crippen LogP contribution >= 0.6 is 11.6 Å². The standard InChI is InChI=1S/C20H19ClN4O4/c1-22-19(26)13-9-12-15(10-18(13)28-3)24-7-6-17(12)29-11-4-5-14(21)16(8-11)25-20(27)23-2/h4-10H,1-3H3,(H,22,26)(H2,23,25,27). The van der Waals surface area contributed by atoms with Crippen molar-refractivity contribution in [3.05, 3.63) is 53.2 Å². The predicted molar refractivity (Wildman–Crippen MR) is 111 cm³/mol. The Morgan fingerprint density at radius 1 is 1.03 bits per heavy atom. The van der Waals surface area contributed by atoms with Crippen molar-refractivity contribution in [2.24, 2.45) is 0 Å². The van der Waals surface area contributed by atoms with Gasteiger partial charge in [0, 0.05) is 37.8 Å². The average molecular weight is 415 g/mol. The lowest BCUT2D eigenvalue weighted by Crippen LogP contribution is -2.24. The van der Waals surface area contributed by atoms with Crippen LogP contribution < -0.4 is 25.4 Å². The van der Waals surface area contributed by atoms with E-state index in [2.05, 4.69) is 20.9 Å². The van der Waals surface area contributed by atoms with Gasteiger partial charge in [0.25, 0.3) is 5.91 Å². The average Bonchev–Trinajstić information content (AvgIpc) is 2.74. The number of nitrogens with one attached hydrogen (secondary N) is 3. The van der Waals surface area contributed by atoms with Gasteiger partial charge in [0.15, 0.2) is 0 Å². The Morgan fingerprint density at radius 3 is 2.52 bits per heavy atom. The molecule has 9 heteroatoms. The lowest BCUT2D eigenvalue weighted by Gasteiger charge is -2.13. The number of anilines is 1. The third kappa shape index (κ3) is 4.33. The van der Waals surface area contributed by atoms with Crippen molar-refractivity contribution in [3.63, 3.8) is 0 Å². The van der Waals surface area contributed by atoms with Gasteiger partial charge >= 0.3 is 6.03 Å². The summed E-state index contributed by atoms with van der Waals surface area (Å²) in [5.74, 6) is 1.05. The Kier molecular flexibility index (Phi) is 6.04. The second-order valence-corrected chi connectivity index (χ2v) is 6.31. The molecule has 3 amide bonds. The highest BCUT2D eigenvalue weighted by molar-refractivity contribution is 6.33. The number of hydrogen-bond donors (Lipinski definition) is 3. The molecule has 3 N–H and O–H groups in total. The molecule has 0 aliphatic heterocycles. The lowest BCUT2D eigenvalue weighted by atomic mass is 10.1. The number of pyridine rings is 1. The monoisotopic (exact) mass is 414 g/mol. The number of urea groups is 1. The fourth-order valence-electron chi connectivity index (χ4n) is 2.69. The van der Waals surface area contributed by atoms with E-state index in [1.54, 1.807) is 49.6 Å². The zero-order valence-electron chi connectivity index (χ0n) is 16.0. The van der Waals surface area contributed by atoms with E-state index in [0.29, 0.717) is 44.4 Å². The van der Waals surface area contributed by atoms with Crippen LogP contribution in [0.4, 0.5) is 10.5 Å². The highest BCUT2D eigenvalue weighted by Gasteiger charge is 2.16. The second kappa shape index (κ2) is 8.66. The number of fused-ring (bicyclic) bond motifs is 1. The molecule has 0 fully saturated rings. The number of benzene rings is 2. The minimum absolute atomic E-state index is 0.290. The number of carbonyl (C=O) groups excluding carboxylic acids is 2. The van der Waals surface area contributed by atoms with Crippen molar-refractivity contribution in [1.82, 2.24) is 15.6 Å². The molecule has 0 aliphatic rings. The first-order chi connectivity index (χ1) is 14.0. The van der Waals surface area contributed by atoms with Gasteiger partial charge < -0.3 is 25.4 Å². The quantitative estimate of drug-likeness (QED) is 0.589. The summed E-state index contributed by atoms with van der Waals surface area (Å²) in [5.41, 5.74) is 1.36. The topological polar surface area (TPSA) is 102 Å². The second-order valence-electron chi connectivity index (χ2n) is 5.91. The van der Waals surface area contributed by atoms with Crippen molar-refractivity contribution in [3.8, 4) is 17.2 Å². The number of amides is 3. The number of methoxy groups -OCH3 is 1. The van der Waals surface area contributed by atoms with E-state index in [4.69, 9.17) is 21.1 Å². The van der Waals surface area contributed by atoms with Crippen LogP contribution in [-0.2, 0) is 0 Å². The van der Waals surface area contributed by atoms with Crippen LogP contribution in [-0.4, -0.2) is 38.1 Å². The third-order valence-electron chi connectivity index (χ3n) is 4.14. The van der Waals surface area contributed by atoms with Gasteiger partial charge in [-0.1, -0.05) is 11.6 Å². The molecule has 0 saturated heterocycles. The SMILES string of the molecule is CNC(=O)Nc1cc(Oc2ccnc3cc(OC)c(C(=O)NC)cc23)ccc1Cl. The van der Waals surface area contributed by atoms with E-state index in [0.717, 1.165) is 0 Å². The number of aromatic nitrogens is 1. The Labute approximate surface area is 172 Å². The van der Waals surface area contributed by atoms with Gasteiger partial charge in [0.2, 0.25) is 0 Å². The molecule has 1 aromatic heterocycles. The van der Waals surface area contributed by atoms with E-state index < -0.39 is 6.03 Å². The maximum absolute atomic E-state index is 12.2. The number of carbonyl (C=O) groups is 2. The number of hydrogen-bond acceptors (Lipinski definition) is 5. The Hall–Kier alpha value is -3.52. The molecule has 0 bridgehead atoms. The summed E-state index contributed by atoms with van der Waals surface area (Å²) in [6.07, 6.45) is 1.59. The number of nitrogens with zero attached hydrogens (tertiary/aromatic N) is 1. The molecule has 2 aromatic carbocycles. The first kappa shape index (κ1) is 20.2. The van der Waals surface area contributed by atoms with Gasteiger partial charge in [-0.2, -0.15) is 0 Å². The summed E-state index contributed by atoms with van der Waals surface area (Å²) in [5, 5.41) is 8.67. The van der Waals surface area contributed by atoms with Crippen molar-refractivity contribution < 1.29 is 19.1 Å². The maximum Gasteiger partial charge on any atom is 0.319 e. The summed E-state index contributed by atoms with van der Waals surface area (Å²) in [4.78, 5) is 28.1. The van der Waals surface area contributed by atoms with E-state index in [1.807, 2.05) is 0 Å². The van der Waals surface area contributed by atoms with Crippen LogP contribution in [0.25, 0.3) is 10.9 Å². The smallest absolute Gasteiger partial charge is 0.319 e. The highest BCUT2D eigenvalue weighted by atomic mass is 35.5. The lowest BCUT2D eigenvalue weighted by molar-refractivity contribution is 0.0960. The molecule has 0 radical (unpaired) electrons. The van der Waals surface area contributed by atoms with Gasteiger partial charge in [0.05, 0.1) is 28.9 Å². The summed E-state index contributed by atoms with van der Waals surface area (Å²) in [7, 11) is 4.54. The van der Waals surface area contributed by atoms with Crippen LogP contribution in [0.1, 0.15) is 10.4 Å². The van der Waals surface area contributed by atoms with Crippen LogP contribution in [0.15, 0.2) is 42.6 Å². The molecule has 0 saturated carbocycles. The maximum atomic E-state index is 12.2. The largest absolute Gasteiger partial charge is 0.496 e. The fraction of sp³-hybridized carbons (Fsp3) is 0.150.